The van der Waals surface area contributed by atoms with Crippen molar-refractivity contribution in [3.05, 3.63) is 47.0 Å². The summed E-state index contributed by atoms with van der Waals surface area (Å²) < 4.78 is 15.0. The topological polar surface area (TPSA) is 46.9 Å². The predicted molar refractivity (Wildman–Crippen MR) is 106 cm³/mol. The van der Waals surface area contributed by atoms with Crippen LogP contribution in [0.5, 0.6) is 0 Å². The monoisotopic (exact) mass is 381 g/mol. The fraction of sp³-hybridized carbons (Fsp3) is 0.565. The summed E-state index contributed by atoms with van der Waals surface area (Å²) in [4.78, 5) is 12.9. The van der Waals surface area contributed by atoms with E-state index in [9.17, 15) is 9.18 Å². The number of hydrogen-bond donors (Lipinski definition) is 1. The van der Waals surface area contributed by atoms with E-state index < -0.39 is 0 Å². The van der Waals surface area contributed by atoms with Crippen LogP contribution in [0, 0.1) is 43.3 Å². The molecule has 1 aromatic carbocycles. The van der Waals surface area contributed by atoms with Gasteiger partial charge in [-0.1, -0.05) is 0 Å². The molecule has 0 radical (unpaired) electrons. The van der Waals surface area contributed by atoms with Crippen LogP contribution in [0.4, 0.5) is 4.39 Å². The van der Waals surface area contributed by atoms with Crippen molar-refractivity contribution in [2.45, 2.75) is 58.4 Å². The fourth-order valence-corrected chi connectivity index (χ4v) is 6.32. The zero-order valence-electron chi connectivity index (χ0n) is 16.6. The van der Waals surface area contributed by atoms with Gasteiger partial charge >= 0.3 is 0 Å². The number of amides is 1. The second kappa shape index (κ2) is 6.71. The summed E-state index contributed by atoms with van der Waals surface area (Å²) in [5, 5.41) is 7.99. The average molecular weight is 381 g/mol. The van der Waals surface area contributed by atoms with Crippen LogP contribution in [0.2, 0.25) is 0 Å². The predicted octanol–water partition coefficient (Wildman–Crippen LogP) is 4.11. The van der Waals surface area contributed by atoms with E-state index in [2.05, 4.69) is 10.4 Å². The number of rotatable bonds is 4. The van der Waals surface area contributed by atoms with Crippen molar-refractivity contribution in [3.8, 4) is 5.69 Å². The molecule has 1 heterocycles. The van der Waals surface area contributed by atoms with Crippen LogP contribution in [-0.4, -0.2) is 21.7 Å². The van der Waals surface area contributed by atoms with Crippen molar-refractivity contribution in [3.63, 3.8) is 0 Å². The summed E-state index contributed by atoms with van der Waals surface area (Å²) in [7, 11) is 0. The third-order valence-electron chi connectivity index (χ3n) is 7.40. The Morgan fingerprint density at radius 3 is 2.29 bits per heavy atom. The molecule has 4 nitrogen and oxygen atoms in total. The number of carbonyl (C=O) groups is 1. The van der Waals surface area contributed by atoms with Crippen molar-refractivity contribution in [1.29, 1.82) is 0 Å². The highest BCUT2D eigenvalue weighted by atomic mass is 19.1. The highest BCUT2D eigenvalue weighted by Crippen LogP contribution is 2.53. The van der Waals surface area contributed by atoms with Crippen molar-refractivity contribution in [1.82, 2.24) is 15.1 Å². The Labute approximate surface area is 165 Å². The minimum absolute atomic E-state index is 0.113. The van der Waals surface area contributed by atoms with E-state index >= 15 is 0 Å². The van der Waals surface area contributed by atoms with Gasteiger partial charge in [0.25, 0.3) is 0 Å². The van der Waals surface area contributed by atoms with Gasteiger partial charge in [-0.05, 0) is 93.9 Å². The Hall–Kier alpha value is -2.17. The number of nitrogens with zero attached hydrogens (tertiary/aromatic N) is 2. The molecule has 5 heteroatoms. The maximum absolute atomic E-state index is 13.2. The Bertz CT molecular complexity index is 873. The molecule has 0 atom stereocenters. The second-order valence-corrected chi connectivity index (χ2v) is 9.24. The van der Waals surface area contributed by atoms with Gasteiger partial charge in [-0.2, -0.15) is 5.10 Å². The highest BCUT2D eigenvalue weighted by Gasteiger charge is 2.48. The van der Waals surface area contributed by atoms with E-state index in [-0.39, 0.29) is 11.7 Å². The van der Waals surface area contributed by atoms with Gasteiger partial charge in [0.05, 0.1) is 17.8 Å². The summed E-state index contributed by atoms with van der Waals surface area (Å²) in [6.07, 6.45) is 7.00. The smallest absolute Gasteiger partial charge is 0.224 e. The molecule has 0 saturated heterocycles. The standard InChI is InChI=1S/C23H28FN3O/c1-13-21(14(2)27(26-13)20-5-3-19(24)4-6-20)12-22(28)25-23-17-8-15-7-16(10-17)11-18(23)9-15/h3-6,15-18,23H,7-12H2,1-2H3,(H,25,28). The molecule has 4 fully saturated rings. The van der Waals surface area contributed by atoms with E-state index in [1.165, 1.54) is 44.2 Å². The van der Waals surface area contributed by atoms with E-state index in [1.807, 2.05) is 13.8 Å². The maximum atomic E-state index is 13.2. The van der Waals surface area contributed by atoms with Gasteiger partial charge in [0.15, 0.2) is 0 Å². The minimum atomic E-state index is -0.263. The Kier molecular flexibility index (Phi) is 4.29. The number of aryl methyl sites for hydroxylation is 1. The van der Waals surface area contributed by atoms with E-state index in [1.54, 1.807) is 16.8 Å². The molecule has 0 aliphatic heterocycles. The van der Waals surface area contributed by atoms with Crippen LogP contribution in [0.15, 0.2) is 24.3 Å². The summed E-state index contributed by atoms with van der Waals surface area (Å²) >= 11 is 0. The van der Waals surface area contributed by atoms with E-state index in [0.29, 0.717) is 24.3 Å². The molecule has 0 spiro atoms. The molecule has 0 unspecified atom stereocenters. The van der Waals surface area contributed by atoms with Gasteiger partial charge in [0, 0.05) is 17.3 Å². The Morgan fingerprint density at radius 1 is 1.07 bits per heavy atom. The number of hydrogen-bond acceptors (Lipinski definition) is 2. The Morgan fingerprint density at radius 2 is 1.68 bits per heavy atom. The lowest BCUT2D eigenvalue weighted by Crippen LogP contribution is -2.56. The lowest BCUT2D eigenvalue weighted by atomic mass is 9.54. The molecule has 148 valence electrons. The summed E-state index contributed by atoms with van der Waals surface area (Å²) in [6.45, 7) is 3.92. The first-order chi connectivity index (χ1) is 13.5. The molecule has 1 N–H and O–H groups in total. The maximum Gasteiger partial charge on any atom is 0.224 e. The molecular weight excluding hydrogens is 353 g/mol. The molecule has 4 aliphatic rings. The van der Waals surface area contributed by atoms with Crippen LogP contribution in [0.1, 0.15) is 49.1 Å². The molecule has 4 aliphatic carbocycles. The first kappa shape index (κ1) is 17.9. The quantitative estimate of drug-likeness (QED) is 0.866. The van der Waals surface area contributed by atoms with Gasteiger partial charge in [-0.3, -0.25) is 4.79 Å². The first-order valence-electron chi connectivity index (χ1n) is 10.6. The molecule has 4 saturated carbocycles. The van der Waals surface area contributed by atoms with Crippen molar-refractivity contribution >= 4 is 5.91 Å². The molecule has 6 rings (SSSR count). The van der Waals surface area contributed by atoms with E-state index in [4.69, 9.17) is 0 Å². The third-order valence-corrected chi connectivity index (χ3v) is 7.40. The highest BCUT2D eigenvalue weighted by molar-refractivity contribution is 5.79. The van der Waals surface area contributed by atoms with Crippen LogP contribution in [-0.2, 0) is 11.2 Å². The summed E-state index contributed by atoms with van der Waals surface area (Å²) in [5.41, 5.74) is 3.60. The van der Waals surface area contributed by atoms with Gasteiger partial charge in [0.1, 0.15) is 5.82 Å². The van der Waals surface area contributed by atoms with E-state index in [0.717, 1.165) is 34.5 Å². The molecule has 1 amide bonds. The number of carbonyl (C=O) groups excluding carboxylic acids is 1. The van der Waals surface area contributed by atoms with Crippen molar-refractivity contribution < 1.29 is 9.18 Å². The number of aromatic nitrogens is 2. The Balaban J connectivity index is 1.31. The van der Waals surface area contributed by atoms with Gasteiger partial charge in [-0.25, -0.2) is 9.07 Å². The number of benzene rings is 1. The SMILES string of the molecule is Cc1nn(-c2ccc(F)cc2)c(C)c1CC(=O)NC1C2CC3CC(C2)CC1C3. The summed E-state index contributed by atoms with van der Waals surface area (Å²) in [5.74, 6) is 3.04. The number of nitrogens with one attached hydrogen (secondary N) is 1. The number of halogens is 1. The zero-order valence-corrected chi connectivity index (χ0v) is 16.6. The third kappa shape index (κ3) is 3.05. The van der Waals surface area contributed by atoms with Gasteiger partial charge in [0.2, 0.25) is 5.91 Å². The first-order valence-corrected chi connectivity index (χ1v) is 10.6. The second-order valence-electron chi connectivity index (χ2n) is 9.24. The lowest BCUT2D eigenvalue weighted by Gasteiger charge is -2.54. The van der Waals surface area contributed by atoms with Crippen LogP contribution >= 0.6 is 0 Å². The van der Waals surface area contributed by atoms with Gasteiger partial charge in [-0.15, -0.1) is 0 Å². The fourth-order valence-electron chi connectivity index (χ4n) is 6.32. The van der Waals surface area contributed by atoms with Crippen molar-refractivity contribution in [2.24, 2.45) is 23.7 Å². The van der Waals surface area contributed by atoms with Crippen LogP contribution in [0.3, 0.4) is 0 Å². The molecular formula is C23H28FN3O. The minimum Gasteiger partial charge on any atom is -0.353 e. The molecule has 1 aromatic heterocycles. The van der Waals surface area contributed by atoms with Crippen molar-refractivity contribution in [2.75, 3.05) is 0 Å². The summed E-state index contributed by atoms with van der Waals surface area (Å²) in [6, 6.07) is 6.67. The largest absolute Gasteiger partial charge is 0.353 e. The molecule has 28 heavy (non-hydrogen) atoms. The van der Waals surface area contributed by atoms with Crippen LogP contribution in [0.25, 0.3) is 5.69 Å². The molecule has 4 bridgehead atoms. The lowest BCUT2D eigenvalue weighted by molar-refractivity contribution is -0.124. The van der Waals surface area contributed by atoms with Gasteiger partial charge < -0.3 is 5.32 Å². The van der Waals surface area contributed by atoms with Crippen LogP contribution < -0.4 is 5.32 Å². The average Bonchev–Trinajstić information content (AvgIpc) is 2.93. The molecule has 2 aromatic rings. The normalized spacial score (nSPS) is 30.6. The zero-order chi connectivity index (χ0) is 19.4.